The summed E-state index contributed by atoms with van der Waals surface area (Å²) in [6, 6.07) is 12.8. The van der Waals surface area contributed by atoms with Crippen molar-refractivity contribution in [1.29, 1.82) is 0 Å². The highest BCUT2D eigenvalue weighted by molar-refractivity contribution is 7.90. The summed E-state index contributed by atoms with van der Waals surface area (Å²) in [5.74, 6) is 1.30. The van der Waals surface area contributed by atoms with Gasteiger partial charge in [0.2, 0.25) is 15.0 Å². The number of sulfone groups is 1. The van der Waals surface area contributed by atoms with Gasteiger partial charge in [0.1, 0.15) is 5.82 Å². The van der Waals surface area contributed by atoms with E-state index in [1.165, 1.54) is 18.9 Å². The predicted molar refractivity (Wildman–Crippen MR) is 117 cm³/mol. The topological polar surface area (TPSA) is 122 Å². The third kappa shape index (κ3) is 3.66. The Hall–Kier alpha value is -3.66. The van der Waals surface area contributed by atoms with E-state index < -0.39 is 9.84 Å². The molecule has 31 heavy (non-hydrogen) atoms. The number of nitrogens with zero attached hydrogens (tertiary/aromatic N) is 4. The van der Waals surface area contributed by atoms with Crippen LogP contribution in [0.5, 0.6) is 11.5 Å². The quantitative estimate of drug-likeness (QED) is 0.471. The third-order valence-electron chi connectivity index (χ3n) is 4.78. The summed E-state index contributed by atoms with van der Waals surface area (Å²) >= 11 is 0. The second kappa shape index (κ2) is 7.55. The van der Waals surface area contributed by atoms with Crippen molar-refractivity contribution in [1.82, 2.24) is 19.7 Å². The molecule has 2 N–H and O–H groups in total. The van der Waals surface area contributed by atoms with Crippen molar-refractivity contribution in [3.8, 4) is 28.4 Å². The molecule has 0 aliphatic rings. The smallest absolute Gasteiger partial charge is 0.249 e. The highest BCUT2D eigenvalue weighted by Crippen LogP contribution is 2.37. The zero-order chi connectivity index (χ0) is 22.3. The van der Waals surface area contributed by atoms with Crippen LogP contribution in [0, 0.1) is 6.92 Å². The zero-order valence-corrected chi connectivity index (χ0v) is 18.3. The summed E-state index contributed by atoms with van der Waals surface area (Å²) in [6.45, 7) is 1.96. The maximum absolute atomic E-state index is 12.3. The van der Waals surface area contributed by atoms with Gasteiger partial charge in [-0.2, -0.15) is 4.98 Å². The van der Waals surface area contributed by atoms with E-state index in [2.05, 4.69) is 15.1 Å². The molecule has 2 aromatic heterocycles. The van der Waals surface area contributed by atoms with Gasteiger partial charge in [-0.05, 0) is 42.8 Å². The highest BCUT2D eigenvalue weighted by Gasteiger charge is 2.23. The monoisotopic (exact) mass is 439 g/mol. The van der Waals surface area contributed by atoms with Gasteiger partial charge in [0.25, 0.3) is 0 Å². The van der Waals surface area contributed by atoms with Gasteiger partial charge in [0, 0.05) is 11.8 Å². The van der Waals surface area contributed by atoms with Gasteiger partial charge in [-0.15, -0.1) is 5.10 Å². The van der Waals surface area contributed by atoms with Gasteiger partial charge in [0.05, 0.1) is 31.0 Å². The number of anilines is 1. The van der Waals surface area contributed by atoms with Crippen molar-refractivity contribution in [3.05, 3.63) is 48.0 Å². The molecule has 0 unspecified atom stereocenters. The fourth-order valence-electron chi connectivity index (χ4n) is 3.31. The molecule has 0 aliphatic heterocycles. The minimum atomic E-state index is -3.70. The molecule has 0 fully saturated rings. The van der Waals surface area contributed by atoms with Crippen LogP contribution in [0.15, 0.2) is 47.6 Å². The number of nitrogen functional groups attached to an aromatic ring is 1. The number of fused-ring (bicyclic) bond motifs is 1. The summed E-state index contributed by atoms with van der Waals surface area (Å²) in [7, 11) is -0.646. The van der Waals surface area contributed by atoms with E-state index >= 15 is 0 Å². The van der Waals surface area contributed by atoms with Gasteiger partial charge < -0.3 is 15.2 Å². The first-order valence-corrected chi connectivity index (χ1v) is 11.2. The molecule has 0 bridgehead atoms. The van der Waals surface area contributed by atoms with Crippen LogP contribution in [-0.4, -0.2) is 48.6 Å². The van der Waals surface area contributed by atoms with Crippen LogP contribution in [0.1, 0.15) is 5.56 Å². The SMILES string of the molecule is COc1ccc(-c2nc(S(C)(=O)=O)nc3nn(-c4cccc(C)c4)c(N)c23)cc1OC. The van der Waals surface area contributed by atoms with E-state index in [-0.39, 0.29) is 10.8 Å². The van der Waals surface area contributed by atoms with E-state index in [9.17, 15) is 8.42 Å². The Balaban J connectivity index is 2.06. The first-order chi connectivity index (χ1) is 14.7. The molecular formula is C21H21N5O4S. The van der Waals surface area contributed by atoms with E-state index in [4.69, 9.17) is 15.2 Å². The summed E-state index contributed by atoms with van der Waals surface area (Å²) in [4.78, 5) is 8.50. The number of nitrogens with two attached hydrogens (primary N) is 1. The van der Waals surface area contributed by atoms with Crippen molar-refractivity contribution in [2.24, 2.45) is 0 Å². The molecule has 9 nitrogen and oxygen atoms in total. The molecule has 10 heteroatoms. The molecule has 0 amide bonds. The first-order valence-electron chi connectivity index (χ1n) is 9.28. The largest absolute Gasteiger partial charge is 0.493 e. The van der Waals surface area contributed by atoms with Gasteiger partial charge in [0.15, 0.2) is 17.1 Å². The molecule has 4 aromatic rings. The molecule has 0 saturated carbocycles. The lowest BCUT2D eigenvalue weighted by molar-refractivity contribution is 0.355. The van der Waals surface area contributed by atoms with Crippen molar-refractivity contribution < 1.29 is 17.9 Å². The molecule has 0 spiro atoms. The number of aryl methyl sites for hydroxylation is 1. The maximum atomic E-state index is 12.3. The van der Waals surface area contributed by atoms with Crippen LogP contribution in [0.2, 0.25) is 0 Å². The van der Waals surface area contributed by atoms with E-state index in [0.29, 0.717) is 34.0 Å². The van der Waals surface area contributed by atoms with Crippen molar-refractivity contribution >= 4 is 26.7 Å². The Morgan fingerprint density at radius 3 is 2.39 bits per heavy atom. The first kappa shape index (κ1) is 20.6. The lowest BCUT2D eigenvalue weighted by Crippen LogP contribution is -2.06. The number of hydrogen-bond donors (Lipinski definition) is 1. The van der Waals surface area contributed by atoms with E-state index in [0.717, 1.165) is 17.5 Å². The number of ether oxygens (including phenoxy) is 2. The van der Waals surface area contributed by atoms with Crippen LogP contribution in [0.4, 0.5) is 5.82 Å². The normalized spacial score (nSPS) is 11.6. The van der Waals surface area contributed by atoms with Gasteiger partial charge in [-0.3, -0.25) is 0 Å². The van der Waals surface area contributed by atoms with Crippen molar-refractivity contribution in [2.75, 3.05) is 26.2 Å². The van der Waals surface area contributed by atoms with Crippen LogP contribution in [-0.2, 0) is 9.84 Å². The second-order valence-electron chi connectivity index (χ2n) is 7.03. The highest BCUT2D eigenvalue weighted by atomic mass is 32.2. The Kier molecular flexibility index (Phi) is 5.02. The summed E-state index contributed by atoms with van der Waals surface area (Å²) in [5.41, 5.74) is 9.32. The van der Waals surface area contributed by atoms with Gasteiger partial charge >= 0.3 is 0 Å². The number of benzene rings is 2. The van der Waals surface area contributed by atoms with Gasteiger partial charge in [-0.25, -0.2) is 18.1 Å². The van der Waals surface area contributed by atoms with Crippen LogP contribution in [0.3, 0.4) is 0 Å². The minimum absolute atomic E-state index is 0.180. The Labute approximate surface area is 179 Å². The molecule has 160 valence electrons. The Bertz CT molecular complexity index is 1410. The molecule has 0 saturated heterocycles. The molecule has 0 atom stereocenters. The molecule has 0 radical (unpaired) electrons. The Morgan fingerprint density at radius 2 is 1.74 bits per heavy atom. The second-order valence-corrected chi connectivity index (χ2v) is 8.94. The summed E-state index contributed by atoms with van der Waals surface area (Å²) in [5, 5.41) is 4.59. The number of rotatable bonds is 5. The maximum Gasteiger partial charge on any atom is 0.249 e. The molecule has 2 heterocycles. The Morgan fingerprint density at radius 1 is 1.00 bits per heavy atom. The third-order valence-corrected chi connectivity index (χ3v) is 5.63. The molecule has 4 rings (SSSR count). The molecular weight excluding hydrogens is 418 g/mol. The number of hydrogen-bond acceptors (Lipinski definition) is 8. The van der Waals surface area contributed by atoms with Crippen LogP contribution < -0.4 is 15.2 Å². The van der Waals surface area contributed by atoms with E-state index in [1.807, 2.05) is 31.2 Å². The lowest BCUT2D eigenvalue weighted by atomic mass is 10.1. The fourth-order valence-corrected chi connectivity index (χ4v) is 3.82. The fraction of sp³-hybridized carbons (Fsp3) is 0.190. The summed E-state index contributed by atoms with van der Waals surface area (Å²) in [6.07, 6.45) is 1.05. The lowest BCUT2D eigenvalue weighted by Gasteiger charge is -2.11. The molecule has 0 aliphatic carbocycles. The summed E-state index contributed by atoms with van der Waals surface area (Å²) < 4.78 is 36.7. The van der Waals surface area contributed by atoms with E-state index in [1.54, 1.807) is 18.2 Å². The standard InChI is InChI=1S/C21H21N5O4S/c1-12-6-5-7-14(10-12)26-19(22)17-18(13-8-9-15(29-2)16(11-13)30-3)23-21(31(4,27)28)24-20(17)25-26/h5-11H,22H2,1-4H3. The van der Waals surface area contributed by atoms with Gasteiger partial charge in [-0.1, -0.05) is 12.1 Å². The average Bonchev–Trinajstić information content (AvgIpc) is 3.08. The average molecular weight is 439 g/mol. The molecule has 2 aromatic carbocycles. The number of methoxy groups -OCH3 is 2. The van der Waals surface area contributed by atoms with Crippen LogP contribution in [0.25, 0.3) is 28.0 Å². The van der Waals surface area contributed by atoms with Crippen molar-refractivity contribution in [2.45, 2.75) is 12.1 Å². The zero-order valence-electron chi connectivity index (χ0n) is 17.4. The van der Waals surface area contributed by atoms with Crippen molar-refractivity contribution in [3.63, 3.8) is 0 Å². The predicted octanol–water partition coefficient (Wildman–Crippen LogP) is 2.79. The van der Waals surface area contributed by atoms with Crippen LogP contribution >= 0.6 is 0 Å². The number of aromatic nitrogens is 4. The minimum Gasteiger partial charge on any atom is -0.493 e.